The highest BCUT2D eigenvalue weighted by molar-refractivity contribution is 5.75. The lowest BCUT2D eigenvalue weighted by molar-refractivity contribution is 0.385. The van der Waals surface area contributed by atoms with Gasteiger partial charge in [0.25, 0.3) is 5.56 Å². The van der Waals surface area contributed by atoms with Crippen molar-refractivity contribution in [3.05, 3.63) is 50.8 Å². The number of anilines is 1. The molecule has 9 nitrogen and oxygen atoms in total. The maximum Gasteiger partial charge on any atom is 0.275 e. The van der Waals surface area contributed by atoms with Crippen LogP contribution in [0.5, 0.6) is 5.75 Å². The average Bonchev–Trinajstić information content (AvgIpc) is 2.56. The fourth-order valence-corrected chi connectivity index (χ4v) is 1.67. The van der Waals surface area contributed by atoms with Crippen molar-refractivity contribution >= 4 is 23.5 Å². The molecular formula is C13H12N4O5. The first kappa shape index (κ1) is 15.2. The second-order valence-corrected chi connectivity index (χ2v) is 4.11. The Morgan fingerprint density at radius 3 is 2.64 bits per heavy atom. The zero-order chi connectivity index (χ0) is 16.1. The smallest absolute Gasteiger partial charge is 0.275 e. The number of nitrogens with zero attached hydrogens (tertiary/aromatic N) is 2. The lowest BCUT2D eigenvalue weighted by atomic mass is 10.1. The number of rotatable bonds is 5. The van der Waals surface area contributed by atoms with E-state index >= 15 is 0 Å². The summed E-state index contributed by atoms with van der Waals surface area (Å²) in [6.45, 7) is 0. The minimum Gasteiger partial charge on any atom is -0.507 e. The molecule has 2 aromatic rings. The van der Waals surface area contributed by atoms with Crippen LogP contribution in [0.3, 0.4) is 0 Å². The number of hydrogen-bond acceptors (Lipinski definition) is 8. The van der Waals surface area contributed by atoms with Crippen LogP contribution in [0.4, 0.5) is 11.6 Å². The molecule has 0 saturated carbocycles. The van der Waals surface area contributed by atoms with Crippen LogP contribution in [0.15, 0.2) is 34.2 Å². The van der Waals surface area contributed by atoms with Crippen molar-refractivity contribution in [3.63, 3.8) is 0 Å². The van der Waals surface area contributed by atoms with Crippen LogP contribution in [-0.4, -0.2) is 27.4 Å². The molecule has 0 unspecified atom stereocenters. The van der Waals surface area contributed by atoms with Gasteiger partial charge >= 0.3 is 0 Å². The highest BCUT2D eigenvalue weighted by Gasteiger charge is 2.10. The Morgan fingerprint density at radius 1 is 1.41 bits per heavy atom. The van der Waals surface area contributed by atoms with Crippen molar-refractivity contribution in [3.8, 4) is 5.75 Å². The van der Waals surface area contributed by atoms with Gasteiger partial charge in [-0.3, -0.25) is 15.0 Å². The van der Waals surface area contributed by atoms with Crippen molar-refractivity contribution in [1.29, 1.82) is 0 Å². The molecule has 0 saturated heterocycles. The molecule has 1 heterocycles. The second kappa shape index (κ2) is 6.50. The third-order valence-electron chi connectivity index (χ3n) is 2.78. The molecular weight excluding hydrogens is 292 g/mol. The normalized spacial score (nSPS) is 11.1. The summed E-state index contributed by atoms with van der Waals surface area (Å²) in [6, 6.07) is 6.45. The first-order chi connectivity index (χ1) is 10.6. The Hall–Kier alpha value is -3.20. The Balaban J connectivity index is 2.42. The second-order valence-electron chi connectivity index (χ2n) is 4.11. The molecule has 2 rings (SSSR count). The summed E-state index contributed by atoms with van der Waals surface area (Å²) >= 11 is 0. The Morgan fingerprint density at radius 2 is 2.09 bits per heavy atom. The number of H-pyrrole nitrogens is 1. The van der Waals surface area contributed by atoms with E-state index in [0.717, 1.165) is 6.08 Å². The number of nitroso groups, excluding NO2 is 1. The summed E-state index contributed by atoms with van der Waals surface area (Å²) in [6.07, 6.45) is 1.09. The summed E-state index contributed by atoms with van der Waals surface area (Å²) in [4.78, 5) is 28.0. The molecule has 4 N–H and O–H groups in total. The highest BCUT2D eigenvalue weighted by atomic mass is 16.5. The van der Waals surface area contributed by atoms with E-state index in [-0.39, 0.29) is 17.3 Å². The monoisotopic (exact) mass is 304 g/mol. The van der Waals surface area contributed by atoms with E-state index in [0.29, 0.717) is 11.3 Å². The van der Waals surface area contributed by atoms with Gasteiger partial charge in [0.2, 0.25) is 5.82 Å². The van der Waals surface area contributed by atoms with E-state index in [1.54, 1.807) is 29.7 Å². The first-order valence-electron chi connectivity index (χ1n) is 6.02. The highest BCUT2D eigenvalue weighted by Crippen LogP contribution is 2.20. The zero-order valence-corrected chi connectivity index (χ0v) is 11.4. The van der Waals surface area contributed by atoms with Gasteiger partial charge in [0, 0.05) is 11.6 Å². The molecule has 0 fully saturated rings. The van der Waals surface area contributed by atoms with Crippen LogP contribution in [0.1, 0.15) is 11.3 Å². The van der Waals surface area contributed by atoms with E-state index in [2.05, 4.69) is 15.1 Å². The Kier molecular flexibility index (Phi) is 4.49. The van der Waals surface area contributed by atoms with E-state index in [1.165, 1.54) is 7.11 Å². The van der Waals surface area contributed by atoms with Crippen molar-refractivity contribution in [2.45, 2.75) is 0 Å². The predicted octanol–water partition coefficient (Wildman–Crippen LogP) is 2.03. The summed E-state index contributed by atoms with van der Waals surface area (Å²) in [7, 11) is 1.51. The standard InChI is InChI=1S/C13H12N4O5/c1-22-8-4-2-7(3-5-8)10(18)6-9-13(19)15-12(17-21)11(14-9)16-20/h2-6,18,20H,1H3,(H,14,16)(H,15,19)/b10-6-. The van der Waals surface area contributed by atoms with Crippen LogP contribution in [0.2, 0.25) is 0 Å². The van der Waals surface area contributed by atoms with E-state index < -0.39 is 11.4 Å². The molecule has 0 amide bonds. The maximum absolute atomic E-state index is 11.7. The molecule has 1 aromatic heterocycles. The SMILES string of the molecule is COc1ccc(/C(O)=C/c2nc(NO)c(N=O)[nH]c2=O)cc1. The molecule has 0 aliphatic heterocycles. The van der Waals surface area contributed by atoms with Crippen molar-refractivity contribution < 1.29 is 15.1 Å². The quantitative estimate of drug-likeness (QED) is 0.377. The summed E-state index contributed by atoms with van der Waals surface area (Å²) in [5.41, 5.74) is 1.12. The number of ether oxygens (including phenoxy) is 1. The zero-order valence-electron chi connectivity index (χ0n) is 11.4. The largest absolute Gasteiger partial charge is 0.507 e. The average molecular weight is 304 g/mol. The lowest BCUT2D eigenvalue weighted by Gasteiger charge is -2.04. The number of aromatic amines is 1. The molecule has 114 valence electrons. The van der Waals surface area contributed by atoms with Gasteiger partial charge in [-0.15, -0.1) is 4.91 Å². The molecule has 0 atom stereocenters. The van der Waals surface area contributed by atoms with Gasteiger partial charge in [-0.25, -0.2) is 10.5 Å². The molecule has 0 aliphatic carbocycles. The van der Waals surface area contributed by atoms with E-state index in [1.807, 2.05) is 0 Å². The van der Waals surface area contributed by atoms with Gasteiger partial charge < -0.3 is 9.84 Å². The van der Waals surface area contributed by atoms with Gasteiger partial charge in [-0.2, -0.15) is 0 Å². The summed E-state index contributed by atoms with van der Waals surface area (Å²) < 4.78 is 5.00. The molecule has 1 aromatic carbocycles. The number of aromatic nitrogens is 2. The first-order valence-corrected chi connectivity index (χ1v) is 6.02. The molecule has 0 bridgehead atoms. The molecule has 9 heteroatoms. The number of benzene rings is 1. The summed E-state index contributed by atoms with van der Waals surface area (Å²) in [5.74, 6) is -0.394. The van der Waals surface area contributed by atoms with Crippen LogP contribution in [-0.2, 0) is 0 Å². The van der Waals surface area contributed by atoms with Gasteiger partial charge in [-0.05, 0) is 29.4 Å². The van der Waals surface area contributed by atoms with Gasteiger partial charge in [0.05, 0.1) is 7.11 Å². The topological polar surface area (TPSA) is 137 Å². The van der Waals surface area contributed by atoms with Crippen molar-refractivity contribution in [2.24, 2.45) is 5.18 Å². The van der Waals surface area contributed by atoms with Gasteiger partial charge in [0.15, 0.2) is 5.82 Å². The molecule has 0 aliphatic rings. The van der Waals surface area contributed by atoms with Crippen LogP contribution in [0.25, 0.3) is 11.8 Å². The van der Waals surface area contributed by atoms with Crippen LogP contribution in [0, 0.1) is 4.91 Å². The number of aliphatic hydroxyl groups excluding tert-OH is 1. The maximum atomic E-state index is 11.7. The minimum atomic E-state index is -0.742. The van der Waals surface area contributed by atoms with Crippen LogP contribution >= 0.6 is 0 Å². The van der Waals surface area contributed by atoms with Gasteiger partial charge in [-0.1, -0.05) is 0 Å². The van der Waals surface area contributed by atoms with Crippen molar-refractivity contribution in [2.75, 3.05) is 12.6 Å². The fraction of sp³-hybridized carbons (Fsp3) is 0.0769. The third-order valence-corrected chi connectivity index (χ3v) is 2.78. The summed E-state index contributed by atoms with van der Waals surface area (Å²) in [5, 5.41) is 21.4. The van der Waals surface area contributed by atoms with E-state index in [4.69, 9.17) is 9.94 Å². The van der Waals surface area contributed by atoms with Crippen molar-refractivity contribution in [1.82, 2.24) is 9.97 Å². The number of aliphatic hydroxyl groups is 1. The molecule has 0 radical (unpaired) electrons. The van der Waals surface area contributed by atoms with E-state index in [9.17, 15) is 14.8 Å². The number of hydrogen-bond donors (Lipinski definition) is 4. The van der Waals surface area contributed by atoms with Crippen LogP contribution < -0.4 is 15.8 Å². The number of methoxy groups -OCH3 is 1. The Bertz CT molecular complexity index is 767. The predicted molar refractivity (Wildman–Crippen MR) is 79.2 cm³/mol. The Labute approximate surface area is 123 Å². The lowest BCUT2D eigenvalue weighted by Crippen LogP contribution is -2.13. The minimum absolute atomic E-state index is 0.211. The van der Waals surface area contributed by atoms with Gasteiger partial charge in [0.1, 0.15) is 17.2 Å². The molecule has 0 spiro atoms. The number of nitrogens with one attached hydrogen (secondary N) is 2. The molecule has 22 heavy (non-hydrogen) atoms. The third kappa shape index (κ3) is 3.10. The fourth-order valence-electron chi connectivity index (χ4n) is 1.67.